The van der Waals surface area contributed by atoms with E-state index in [9.17, 15) is 8.42 Å². The van der Waals surface area contributed by atoms with Crippen LogP contribution >= 0.6 is 0 Å². The summed E-state index contributed by atoms with van der Waals surface area (Å²) in [5.74, 6) is -2.67. The molecule has 12 heavy (non-hydrogen) atoms. The number of hydrogen-bond donors (Lipinski definition) is 1. The summed E-state index contributed by atoms with van der Waals surface area (Å²) in [6.07, 6.45) is -3.35. The van der Waals surface area contributed by atoms with E-state index in [-0.39, 0.29) is 29.6 Å². The predicted molar refractivity (Wildman–Crippen MR) is 56.3 cm³/mol. The fraction of sp³-hybridized carbons (Fsp3) is 1.00. The quantitative estimate of drug-likeness (QED) is 0.574. The molecule has 0 radical (unpaired) electrons. The van der Waals surface area contributed by atoms with Gasteiger partial charge in [-0.25, -0.2) is 0 Å². The molecule has 0 bridgehead atoms. The Labute approximate surface area is 106 Å². The van der Waals surface area contributed by atoms with E-state index >= 15 is 0 Å². The van der Waals surface area contributed by atoms with E-state index in [1.807, 2.05) is 0 Å². The molecule has 0 spiro atoms. The van der Waals surface area contributed by atoms with Crippen LogP contribution in [0.15, 0.2) is 0 Å². The summed E-state index contributed by atoms with van der Waals surface area (Å²) in [6.45, 7) is 4.35. The van der Waals surface area contributed by atoms with Crippen molar-refractivity contribution in [3.63, 3.8) is 0 Å². The van der Waals surface area contributed by atoms with E-state index in [1.54, 1.807) is 0 Å². The van der Waals surface area contributed by atoms with Crippen LogP contribution < -0.4 is 0 Å². The van der Waals surface area contributed by atoms with Gasteiger partial charge in [0.25, 0.3) is 10.1 Å². The van der Waals surface area contributed by atoms with Gasteiger partial charge >= 0.3 is 29.6 Å². The molecule has 0 atom stereocenters. The zero-order valence-electron chi connectivity index (χ0n) is 12.7. The van der Waals surface area contributed by atoms with Crippen LogP contribution in [0, 0.1) is 0 Å². The van der Waals surface area contributed by atoms with Crippen molar-refractivity contribution in [1.29, 1.82) is 0 Å². The summed E-state index contributed by atoms with van der Waals surface area (Å²) in [4.78, 5) is 0. The summed E-state index contributed by atoms with van der Waals surface area (Å²) >= 11 is 0. The van der Waals surface area contributed by atoms with Crippen LogP contribution in [-0.4, -0.2) is 56.3 Å². The Morgan fingerprint density at radius 2 is 1.83 bits per heavy atom. The third kappa shape index (κ3) is 13.7. The maximum absolute atomic E-state index is 10.9. The standard InChI is InChI=1S/C6H16O3SSi.Na.H/c1-11(2,3)6-4-5-10(7,8)9;;/h4-6H2,1-3H3,(H,7,8,9);;/i4D2,5D2,6D2;;. The van der Waals surface area contributed by atoms with Crippen molar-refractivity contribution >= 4 is 47.7 Å². The van der Waals surface area contributed by atoms with Gasteiger partial charge in [0.15, 0.2) is 0 Å². The van der Waals surface area contributed by atoms with Crippen LogP contribution in [-0.2, 0) is 10.1 Å². The Kier molecular flexibility index (Phi) is 3.17. The fourth-order valence-corrected chi connectivity index (χ4v) is 0.986. The molecule has 6 heteroatoms. The zero-order chi connectivity index (χ0) is 14.5. The van der Waals surface area contributed by atoms with Crippen molar-refractivity contribution in [2.24, 2.45) is 0 Å². The first-order valence-corrected chi connectivity index (χ1v) is 7.91. The van der Waals surface area contributed by atoms with E-state index in [2.05, 4.69) is 0 Å². The maximum atomic E-state index is 10.9. The molecule has 0 aromatic heterocycles. The molecular weight excluding hydrogens is 203 g/mol. The van der Waals surface area contributed by atoms with Gasteiger partial charge in [0.2, 0.25) is 0 Å². The second-order valence-corrected chi connectivity index (χ2v) is 8.98. The van der Waals surface area contributed by atoms with Gasteiger partial charge in [0.05, 0.1) is 5.70 Å². The Bertz CT molecular complexity index is 404. The minimum absolute atomic E-state index is 0. The monoisotopic (exact) mass is 226 g/mol. The van der Waals surface area contributed by atoms with Gasteiger partial charge in [-0.15, -0.1) is 0 Å². The Hall–Kier alpha value is 1.13. The average molecular weight is 226 g/mol. The van der Waals surface area contributed by atoms with Gasteiger partial charge in [0, 0.05) is 16.3 Å². The molecule has 0 aliphatic heterocycles. The molecular formula is C6H17NaO3SSi. The summed E-state index contributed by atoms with van der Waals surface area (Å²) in [7, 11) is -8.23. The second-order valence-electron chi connectivity index (χ2n) is 3.08. The van der Waals surface area contributed by atoms with Crippen LogP contribution in [0.5, 0.6) is 0 Å². The molecule has 0 fully saturated rings. The Morgan fingerprint density at radius 1 is 1.42 bits per heavy atom. The van der Waals surface area contributed by atoms with Crippen molar-refractivity contribution in [3.8, 4) is 0 Å². The fourth-order valence-electron chi connectivity index (χ4n) is 0.278. The summed E-state index contributed by atoms with van der Waals surface area (Å²) in [5.41, 5.74) is -3.70. The molecule has 0 aliphatic carbocycles. The summed E-state index contributed by atoms with van der Waals surface area (Å²) in [6, 6.07) is 0. The molecule has 1 N–H and O–H groups in total. The SMILES string of the molecule is [2H]C([2H])(C([2H])([2H])[Si](C)(C)C)C([2H])([2H])S(=O)(=O)O.[NaH]. The topological polar surface area (TPSA) is 54.4 Å². The molecule has 0 saturated heterocycles. The molecule has 0 rings (SSSR count). The normalized spacial score (nSPS) is 23.3. The van der Waals surface area contributed by atoms with Crippen LogP contribution in [0.4, 0.5) is 0 Å². The van der Waals surface area contributed by atoms with Gasteiger partial charge in [0.1, 0.15) is 0 Å². The van der Waals surface area contributed by atoms with Gasteiger partial charge < -0.3 is 0 Å². The van der Waals surface area contributed by atoms with Crippen molar-refractivity contribution in [3.05, 3.63) is 0 Å². The zero-order valence-corrected chi connectivity index (χ0v) is 8.49. The molecule has 70 valence electrons. The molecule has 0 aromatic rings. The molecule has 0 unspecified atom stereocenters. The van der Waals surface area contributed by atoms with Gasteiger partial charge in [-0.2, -0.15) is 8.42 Å². The first kappa shape index (κ1) is 6.58. The molecule has 0 saturated carbocycles. The second kappa shape index (κ2) is 5.77. The number of hydrogen-bond acceptors (Lipinski definition) is 2. The Morgan fingerprint density at radius 3 is 2.08 bits per heavy atom. The van der Waals surface area contributed by atoms with Gasteiger partial charge in [-0.1, -0.05) is 25.6 Å². The third-order valence-corrected chi connectivity index (χ3v) is 1.85. The van der Waals surface area contributed by atoms with Crippen LogP contribution in [0.2, 0.25) is 25.6 Å². The molecule has 0 aliphatic rings. The molecule has 0 heterocycles. The first-order chi connectivity index (χ1) is 7.00. The molecule has 0 aromatic carbocycles. The first-order valence-electron chi connectivity index (χ1n) is 5.97. The Balaban J connectivity index is 0. The summed E-state index contributed by atoms with van der Waals surface area (Å²) in [5, 5.41) is 0. The predicted octanol–water partition coefficient (Wildman–Crippen LogP) is 0.954. The van der Waals surface area contributed by atoms with Crippen molar-refractivity contribution in [2.45, 2.75) is 32.0 Å². The van der Waals surface area contributed by atoms with Gasteiger partial charge in [-0.05, 0) is 6.37 Å². The third-order valence-electron chi connectivity index (χ3n) is 0.618. The van der Waals surface area contributed by atoms with Crippen molar-refractivity contribution in [2.75, 3.05) is 5.70 Å². The van der Waals surface area contributed by atoms with Crippen LogP contribution in [0.3, 0.4) is 0 Å². The molecule has 0 amide bonds. The van der Waals surface area contributed by atoms with Crippen molar-refractivity contribution in [1.82, 2.24) is 0 Å². The average Bonchev–Trinajstić information content (AvgIpc) is 1.98. The van der Waals surface area contributed by atoms with Crippen LogP contribution in [0.1, 0.15) is 14.6 Å². The van der Waals surface area contributed by atoms with Gasteiger partial charge in [-0.3, -0.25) is 4.55 Å². The summed E-state index contributed by atoms with van der Waals surface area (Å²) < 4.78 is 75.0. The van der Waals surface area contributed by atoms with E-state index in [4.69, 9.17) is 12.8 Å². The van der Waals surface area contributed by atoms with E-state index in [0.717, 1.165) is 0 Å². The van der Waals surface area contributed by atoms with E-state index < -0.39 is 36.3 Å². The van der Waals surface area contributed by atoms with E-state index in [0.29, 0.717) is 0 Å². The van der Waals surface area contributed by atoms with E-state index in [1.165, 1.54) is 19.6 Å². The number of rotatable bonds is 4. The molecule has 3 nitrogen and oxygen atoms in total. The van der Waals surface area contributed by atoms with Crippen molar-refractivity contribution < 1.29 is 21.2 Å². The van der Waals surface area contributed by atoms with Crippen LogP contribution in [0.25, 0.3) is 0 Å². The minimum atomic E-state index is -5.36.